The van der Waals surface area contributed by atoms with E-state index >= 15 is 0 Å². The molecular weight excluding hydrogens is 332 g/mol. The van der Waals surface area contributed by atoms with E-state index in [1.54, 1.807) is 23.2 Å². The monoisotopic (exact) mass is 356 g/mol. The van der Waals surface area contributed by atoms with Crippen molar-refractivity contribution in [3.05, 3.63) is 41.8 Å². The number of hydrogen-bond acceptors (Lipinski definition) is 6. The maximum Gasteiger partial charge on any atom is 0.272 e. The fraction of sp³-hybridized carbons (Fsp3) is 0.579. The third-order valence-electron chi connectivity index (χ3n) is 5.18. The Balaban J connectivity index is 1.20. The van der Waals surface area contributed by atoms with Crippen molar-refractivity contribution in [2.75, 3.05) is 26.3 Å². The predicted octanol–water partition coefficient (Wildman–Crippen LogP) is 2.45. The minimum Gasteiger partial charge on any atom is -0.381 e. The van der Waals surface area contributed by atoms with Crippen LogP contribution in [0.5, 0.6) is 0 Å². The number of amides is 1. The Kier molecular flexibility index (Phi) is 5.24. The van der Waals surface area contributed by atoms with Crippen LogP contribution in [0.2, 0.25) is 0 Å². The quantitative estimate of drug-likeness (QED) is 0.709. The van der Waals surface area contributed by atoms with Gasteiger partial charge in [-0.15, -0.1) is 0 Å². The summed E-state index contributed by atoms with van der Waals surface area (Å²) in [6.07, 6.45) is 7.56. The number of likely N-dealkylation sites (tertiary alicyclic amines) is 1. The van der Waals surface area contributed by atoms with Crippen molar-refractivity contribution >= 4 is 5.91 Å². The Morgan fingerprint density at radius 1 is 1.27 bits per heavy atom. The van der Waals surface area contributed by atoms with Gasteiger partial charge in [-0.3, -0.25) is 9.78 Å². The third-order valence-corrected chi connectivity index (χ3v) is 5.18. The highest BCUT2D eigenvalue weighted by atomic mass is 16.5. The summed E-state index contributed by atoms with van der Waals surface area (Å²) in [5.74, 6) is 2.08. The van der Waals surface area contributed by atoms with Crippen LogP contribution in [0.3, 0.4) is 0 Å². The summed E-state index contributed by atoms with van der Waals surface area (Å²) in [5, 5.41) is 4.03. The highest BCUT2D eigenvalue weighted by molar-refractivity contribution is 5.92. The van der Waals surface area contributed by atoms with Gasteiger partial charge in [0.15, 0.2) is 5.82 Å². The van der Waals surface area contributed by atoms with Crippen molar-refractivity contribution in [1.29, 1.82) is 0 Å². The first-order valence-corrected chi connectivity index (χ1v) is 9.40. The van der Waals surface area contributed by atoms with Crippen molar-refractivity contribution in [2.24, 2.45) is 5.92 Å². The zero-order chi connectivity index (χ0) is 17.8. The van der Waals surface area contributed by atoms with E-state index in [4.69, 9.17) is 9.26 Å². The molecule has 7 heteroatoms. The minimum absolute atomic E-state index is 0.0538. The molecule has 0 radical (unpaired) electrons. The van der Waals surface area contributed by atoms with E-state index in [0.29, 0.717) is 43.5 Å². The van der Waals surface area contributed by atoms with Crippen LogP contribution >= 0.6 is 0 Å². The molecule has 7 nitrogen and oxygen atoms in total. The van der Waals surface area contributed by atoms with E-state index < -0.39 is 0 Å². The Labute approximate surface area is 152 Å². The first kappa shape index (κ1) is 17.1. The maximum atomic E-state index is 12.3. The van der Waals surface area contributed by atoms with Crippen LogP contribution in [-0.2, 0) is 11.2 Å². The fourth-order valence-corrected chi connectivity index (χ4v) is 3.58. The van der Waals surface area contributed by atoms with Crippen LogP contribution < -0.4 is 0 Å². The molecule has 1 amide bonds. The summed E-state index contributed by atoms with van der Waals surface area (Å²) >= 11 is 0. The van der Waals surface area contributed by atoms with Gasteiger partial charge in [-0.25, -0.2) is 0 Å². The van der Waals surface area contributed by atoms with Crippen molar-refractivity contribution in [1.82, 2.24) is 20.0 Å². The van der Waals surface area contributed by atoms with Crippen molar-refractivity contribution in [3.63, 3.8) is 0 Å². The van der Waals surface area contributed by atoms with Gasteiger partial charge in [-0.05, 0) is 30.9 Å². The third kappa shape index (κ3) is 3.93. The molecular formula is C19H24N4O3. The summed E-state index contributed by atoms with van der Waals surface area (Å²) in [7, 11) is 0. The van der Waals surface area contributed by atoms with Gasteiger partial charge >= 0.3 is 0 Å². The highest BCUT2D eigenvalue weighted by Gasteiger charge is 2.36. The van der Waals surface area contributed by atoms with E-state index in [9.17, 15) is 4.79 Å². The number of pyridine rings is 1. The molecule has 1 saturated carbocycles. The smallest absolute Gasteiger partial charge is 0.272 e. The second-order valence-corrected chi connectivity index (χ2v) is 7.15. The molecule has 0 unspecified atom stereocenters. The Morgan fingerprint density at radius 3 is 2.88 bits per heavy atom. The van der Waals surface area contributed by atoms with Crippen LogP contribution in [0.25, 0.3) is 0 Å². The van der Waals surface area contributed by atoms with Crippen LogP contribution in [0.4, 0.5) is 0 Å². The van der Waals surface area contributed by atoms with Crippen molar-refractivity contribution in [2.45, 2.75) is 38.0 Å². The SMILES string of the molecule is O=C(c1ccccn1)N1CC(c2nc(CCOCC3CCCC3)no2)C1. The topological polar surface area (TPSA) is 81.4 Å². The van der Waals surface area contributed by atoms with Gasteiger partial charge in [-0.2, -0.15) is 4.98 Å². The Hall–Kier alpha value is -2.28. The number of carbonyl (C=O) groups is 1. The van der Waals surface area contributed by atoms with Crippen LogP contribution in [0.1, 0.15) is 53.8 Å². The van der Waals surface area contributed by atoms with Gasteiger partial charge in [0.25, 0.3) is 5.91 Å². The second kappa shape index (κ2) is 7.95. The van der Waals surface area contributed by atoms with E-state index in [1.165, 1.54) is 25.7 Å². The zero-order valence-corrected chi connectivity index (χ0v) is 14.8. The zero-order valence-electron chi connectivity index (χ0n) is 14.8. The van der Waals surface area contributed by atoms with E-state index in [1.807, 2.05) is 6.07 Å². The van der Waals surface area contributed by atoms with Crippen LogP contribution in [0.15, 0.2) is 28.9 Å². The molecule has 4 rings (SSSR count). The molecule has 138 valence electrons. The number of ether oxygens (including phenoxy) is 1. The minimum atomic E-state index is -0.0538. The van der Waals surface area contributed by atoms with Gasteiger partial charge in [0, 0.05) is 32.3 Å². The number of aromatic nitrogens is 3. The number of carbonyl (C=O) groups excluding carboxylic acids is 1. The van der Waals surface area contributed by atoms with Crippen molar-refractivity contribution in [3.8, 4) is 0 Å². The normalized spacial score (nSPS) is 18.2. The lowest BCUT2D eigenvalue weighted by Gasteiger charge is -2.36. The molecule has 26 heavy (non-hydrogen) atoms. The molecule has 1 aliphatic heterocycles. The average Bonchev–Trinajstić information content (AvgIpc) is 3.30. The van der Waals surface area contributed by atoms with Crippen LogP contribution in [0, 0.1) is 5.92 Å². The largest absolute Gasteiger partial charge is 0.381 e. The standard InChI is InChI=1S/C19H24N4O3/c24-19(16-7-3-4-9-20-16)23-11-15(12-23)18-21-17(22-26-18)8-10-25-13-14-5-1-2-6-14/h3-4,7,9,14-15H,1-2,5-6,8,10-13H2. The van der Waals surface area contributed by atoms with E-state index in [0.717, 1.165) is 12.5 Å². The molecule has 3 heterocycles. The van der Waals surface area contributed by atoms with Gasteiger partial charge in [0.05, 0.1) is 12.5 Å². The first-order valence-electron chi connectivity index (χ1n) is 9.40. The molecule has 2 aromatic rings. The van der Waals surface area contributed by atoms with Gasteiger partial charge < -0.3 is 14.2 Å². The maximum absolute atomic E-state index is 12.3. The van der Waals surface area contributed by atoms with Gasteiger partial charge in [0.1, 0.15) is 5.69 Å². The lowest BCUT2D eigenvalue weighted by Crippen LogP contribution is -2.48. The number of rotatable bonds is 7. The molecule has 1 aliphatic carbocycles. The summed E-state index contributed by atoms with van der Waals surface area (Å²) in [6.45, 7) is 2.66. The molecule has 2 aromatic heterocycles. The van der Waals surface area contributed by atoms with Crippen molar-refractivity contribution < 1.29 is 14.1 Å². The fourth-order valence-electron chi connectivity index (χ4n) is 3.58. The summed E-state index contributed by atoms with van der Waals surface area (Å²) < 4.78 is 11.1. The van der Waals surface area contributed by atoms with E-state index in [-0.39, 0.29) is 11.8 Å². The number of hydrogen-bond donors (Lipinski definition) is 0. The molecule has 0 bridgehead atoms. The summed E-state index contributed by atoms with van der Waals surface area (Å²) in [4.78, 5) is 22.6. The molecule has 1 saturated heterocycles. The molecule has 2 aliphatic rings. The predicted molar refractivity (Wildman–Crippen MR) is 93.7 cm³/mol. The molecule has 0 N–H and O–H groups in total. The number of nitrogens with zero attached hydrogens (tertiary/aromatic N) is 4. The molecule has 0 spiro atoms. The summed E-state index contributed by atoms with van der Waals surface area (Å²) in [5.41, 5.74) is 0.469. The molecule has 2 fully saturated rings. The van der Waals surface area contributed by atoms with Gasteiger partial charge in [-0.1, -0.05) is 24.1 Å². The van der Waals surface area contributed by atoms with E-state index in [2.05, 4.69) is 15.1 Å². The Morgan fingerprint density at radius 2 is 2.12 bits per heavy atom. The first-order chi connectivity index (χ1) is 12.8. The highest BCUT2D eigenvalue weighted by Crippen LogP contribution is 2.27. The lowest BCUT2D eigenvalue weighted by atomic mass is 9.99. The average molecular weight is 356 g/mol. The van der Waals surface area contributed by atoms with Crippen LogP contribution in [-0.4, -0.2) is 52.2 Å². The second-order valence-electron chi connectivity index (χ2n) is 7.15. The van der Waals surface area contributed by atoms with Gasteiger partial charge in [0.2, 0.25) is 5.89 Å². The summed E-state index contributed by atoms with van der Waals surface area (Å²) in [6, 6.07) is 5.34. The lowest BCUT2D eigenvalue weighted by molar-refractivity contribution is 0.0563. The Bertz CT molecular complexity index is 721. The molecule has 0 aromatic carbocycles. The molecule has 0 atom stereocenters.